The molecule has 0 spiro atoms. The van der Waals surface area contributed by atoms with Crippen molar-refractivity contribution in [2.45, 2.75) is 38.5 Å². The Balaban J connectivity index is 1.39. The van der Waals surface area contributed by atoms with Gasteiger partial charge in [0.2, 0.25) is 5.95 Å². The maximum Gasteiger partial charge on any atom is 0.255 e. The highest BCUT2D eigenvalue weighted by Gasteiger charge is 2.29. The molecule has 0 aromatic carbocycles. The fraction of sp³-hybridized carbons (Fsp3) is 0.435. The minimum Gasteiger partial charge on any atom is -0.356 e. The van der Waals surface area contributed by atoms with Gasteiger partial charge in [0.1, 0.15) is 0 Å². The summed E-state index contributed by atoms with van der Waals surface area (Å²) in [6.45, 7) is 5.29. The molecule has 160 valence electrons. The van der Waals surface area contributed by atoms with Crippen LogP contribution in [-0.4, -0.2) is 57.1 Å². The average Bonchev–Trinajstić information content (AvgIpc) is 3.51. The summed E-state index contributed by atoms with van der Waals surface area (Å²) >= 11 is 0. The number of likely N-dealkylation sites (tertiary alicyclic amines) is 1. The van der Waals surface area contributed by atoms with E-state index in [0.29, 0.717) is 24.4 Å². The molecule has 0 unspecified atom stereocenters. The Kier molecular flexibility index (Phi) is 5.36. The van der Waals surface area contributed by atoms with E-state index in [-0.39, 0.29) is 11.8 Å². The lowest BCUT2D eigenvalue weighted by atomic mass is 9.90. The third-order valence-electron chi connectivity index (χ3n) is 6.17. The molecule has 5 heterocycles. The number of hydrogen-bond donors (Lipinski definition) is 0. The van der Waals surface area contributed by atoms with Crippen molar-refractivity contribution in [1.82, 2.24) is 25.0 Å². The quantitative estimate of drug-likeness (QED) is 0.641. The topological polar surface area (TPSA) is 88.3 Å². The Morgan fingerprint density at radius 3 is 2.61 bits per heavy atom. The maximum atomic E-state index is 12.8. The summed E-state index contributed by atoms with van der Waals surface area (Å²) in [5.74, 6) is 1.77. The first kappa shape index (κ1) is 19.7. The van der Waals surface area contributed by atoms with Gasteiger partial charge in [-0.2, -0.15) is 0 Å². The summed E-state index contributed by atoms with van der Waals surface area (Å²) in [6, 6.07) is 5.55. The standard InChI is InChI=1S/C23H26N6O2/c1-16-13-20(31-27-16)19-15-25-23(29-9-2-3-10-29)26-21(19)17-6-11-28(12-7-17)22(30)18-5-4-8-24-14-18/h4-5,8,13-15,17H,2-3,6-7,9-12H2,1H3. The molecule has 31 heavy (non-hydrogen) atoms. The molecule has 5 rings (SSSR count). The van der Waals surface area contributed by atoms with E-state index in [0.717, 1.165) is 48.8 Å². The van der Waals surface area contributed by atoms with Crippen LogP contribution in [0.15, 0.2) is 41.3 Å². The summed E-state index contributed by atoms with van der Waals surface area (Å²) < 4.78 is 5.55. The normalized spacial score (nSPS) is 17.3. The molecular formula is C23H26N6O2. The van der Waals surface area contributed by atoms with Gasteiger partial charge in [0.05, 0.1) is 22.5 Å². The average molecular weight is 419 g/mol. The number of nitrogens with zero attached hydrogens (tertiary/aromatic N) is 6. The number of hydrogen-bond acceptors (Lipinski definition) is 7. The molecule has 1 amide bonds. The first-order chi connectivity index (χ1) is 15.2. The van der Waals surface area contributed by atoms with Crippen LogP contribution in [-0.2, 0) is 0 Å². The van der Waals surface area contributed by atoms with E-state index in [1.807, 2.05) is 30.2 Å². The largest absolute Gasteiger partial charge is 0.356 e. The minimum absolute atomic E-state index is 0.0399. The monoisotopic (exact) mass is 418 g/mol. The lowest BCUT2D eigenvalue weighted by molar-refractivity contribution is 0.0711. The molecule has 2 aliphatic heterocycles. The van der Waals surface area contributed by atoms with Crippen LogP contribution in [0.25, 0.3) is 11.3 Å². The Hall–Kier alpha value is -3.29. The van der Waals surface area contributed by atoms with E-state index in [4.69, 9.17) is 9.51 Å². The summed E-state index contributed by atoms with van der Waals surface area (Å²) in [6.07, 6.45) is 9.25. The van der Waals surface area contributed by atoms with Crippen molar-refractivity contribution in [3.63, 3.8) is 0 Å². The number of anilines is 1. The first-order valence-electron chi connectivity index (χ1n) is 10.9. The van der Waals surface area contributed by atoms with Gasteiger partial charge in [0, 0.05) is 56.8 Å². The van der Waals surface area contributed by atoms with E-state index in [1.165, 1.54) is 12.8 Å². The van der Waals surface area contributed by atoms with Crippen LogP contribution in [0, 0.1) is 6.92 Å². The molecule has 0 bridgehead atoms. The van der Waals surface area contributed by atoms with Gasteiger partial charge in [-0.25, -0.2) is 9.97 Å². The predicted octanol–water partition coefficient (Wildman–Crippen LogP) is 3.46. The van der Waals surface area contributed by atoms with Crippen LogP contribution in [0.3, 0.4) is 0 Å². The molecule has 0 aliphatic carbocycles. The lowest BCUT2D eigenvalue weighted by Crippen LogP contribution is -2.38. The first-order valence-corrected chi connectivity index (χ1v) is 10.9. The third kappa shape index (κ3) is 4.02. The van der Waals surface area contributed by atoms with Crippen LogP contribution < -0.4 is 4.90 Å². The molecule has 0 atom stereocenters. The molecule has 2 aliphatic rings. The van der Waals surface area contributed by atoms with E-state index in [9.17, 15) is 4.79 Å². The van der Waals surface area contributed by atoms with Crippen molar-refractivity contribution in [2.24, 2.45) is 0 Å². The molecule has 0 radical (unpaired) electrons. The van der Waals surface area contributed by atoms with Crippen LogP contribution in [0.5, 0.6) is 0 Å². The van der Waals surface area contributed by atoms with Crippen molar-refractivity contribution in [2.75, 3.05) is 31.1 Å². The highest BCUT2D eigenvalue weighted by atomic mass is 16.5. The Morgan fingerprint density at radius 2 is 1.94 bits per heavy atom. The molecule has 2 saturated heterocycles. The zero-order chi connectivity index (χ0) is 21.2. The van der Waals surface area contributed by atoms with Crippen LogP contribution in [0.1, 0.15) is 53.3 Å². The lowest BCUT2D eigenvalue weighted by Gasteiger charge is -2.32. The van der Waals surface area contributed by atoms with Gasteiger partial charge < -0.3 is 14.3 Å². The van der Waals surface area contributed by atoms with Crippen molar-refractivity contribution >= 4 is 11.9 Å². The second-order valence-electron chi connectivity index (χ2n) is 8.30. The van der Waals surface area contributed by atoms with Gasteiger partial charge in [-0.05, 0) is 44.7 Å². The van der Waals surface area contributed by atoms with Crippen molar-refractivity contribution in [3.8, 4) is 11.3 Å². The SMILES string of the molecule is Cc1cc(-c2cnc(N3CCCC3)nc2C2CCN(C(=O)c3cccnc3)CC2)on1. The van der Waals surface area contributed by atoms with E-state index in [1.54, 1.807) is 18.5 Å². The number of amides is 1. The van der Waals surface area contributed by atoms with Gasteiger partial charge in [0.25, 0.3) is 5.91 Å². The second kappa shape index (κ2) is 8.45. The number of carbonyl (C=O) groups is 1. The van der Waals surface area contributed by atoms with Crippen molar-refractivity contribution in [1.29, 1.82) is 0 Å². The Morgan fingerprint density at radius 1 is 1.13 bits per heavy atom. The van der Waals surface area contributed by atoms with Gasteiger partial charge in [-0.1, -0.05) is 5.16 Å². The minimum atomic E-state index is 0.0399. The molecule has 3 aromatic rings. The van der Waals surface area contributed by atoms with Crippen LogP contribution in [0.4, 0.5) is 5.95 Å². The summed E-state index contributed by atoms with van der Waals surface area (Å²) in [7, 11) is 0. The fourth-order valence-electron chi connectivity index (χ4n) is 4.47. The van der Waals surface area contributed by atoms with E-state index < -0.39 is 0 Å². The molecule has 8 heteroatoms. The maximum absolute atomic E-state index is 12.8. The molecular weight excluding hydrogens is 392 g/mol. The van der Waals surface area contributed by atoms with Gasteiger partial charge in [-0.3, -0.25) is 9.78 Å². The molecule has 0 saturated carbocycles. The van der Waals surface area contributed by atoms with Crippen LogP contribution >= 0.6 is 0 Å². The van der Waals surface area contributed by atoms with Gasteiger partial charge >= 0.3 is 0 Å². The summed E-state index contributed by atoms with van der Waals surface area (Å²) in [5, 5.41) is 4.05. The third-order valence-corrected chi connectivity index (χ3v) is 6.17. The van der Waals surface area contributed by atoms with Crippen molar-refractivity contribution in [3.05, 3.63) is 53.7 Å². The number of aromatic nitrogens is 4. The zero-order valence-electron chi connectivity index (χ0n) is 17.7. The van der Waals surface area contributed by atoms with E-state index in [2.05, 4.69) is 20.0 Å². The molecule has 3 aromatic heterocycles. The van der Waals surface area contributed by atoms with E-state index >= 15 is 0 Å². The smallest absolute Gasteiger partial charge is 0.255 e. The number of piperidine rings is 1. The van der Waals surface area contributed by atoms with Crippen molar-refractivity contribution < 1.29 is 9.32 Å². The summed E-state index contributed by atoms with van der Waals surface area (Å²) in [4.78, 5) is 30.7. The zero-order valence-corrected chi connectivity index (χ0v) is 17.7. The summed E-state index contributed by atoms with van der Waals surface area (Å²) in [5.41, 5.74) is 3.38. The highest BCUT2D eigenvalue weighted by molar-refractivity contribution is 5.93. The number of carbonyl (C=O) groups excluding carboxylic acids is 1. The number of aryl methyl sites for hydroxylation is 1. The molecule has 8 nitrogen and oxygen atoms in total. The Labute approximate surface area is 181 Å². The second-order valence-corrected chi connectivity index (χ2v) is 8.30. The Bertz CT molecular complexity index is 1050. The van der Waals surface area contributed by atoms with Gasteiger partial charge in [-0.15, -0.1) is 0 Å². The molecule has 0 N–H and O–H groups in total. The fourth-order valence-corrected chi connectivity index (χ4v) is 4.47. The molecule has 2 fully saturated rings. The number of pyridine rings is 1. The predicted molar refractivity (Wildman–Crippen MR) is 116 cm³/mol. The van der Waals surface area contributed by atoms with Gasteiger partial charge in [0.15, 0.2) is 5.76 Å². The van der Waals surface area contributed by atoms with Crippen LogP contribution in [0.2, 0.25) is 0 Å². The highest BCUT2D eigenvalue weighted by Crippen LogP contribution is 2.35. The number of rotatable bonds is 4.